The highest BCUT2D eigenvalue weighted by Crippen LogP contribution is 2.27. The Balaban J connectivity index is 1.51. The minimum Gasteiger partial charge on any atom is -0.354 e. The fraction of sp³-hybridized carbons (Fsp3) is 0.417. The first kappa shape index (κ1) is 21.1. The number of anilines is 1. The molecule has 0 fully saturated rings. The SMILES string of the molecule is CCc1ccc(C(CNC(=O)CCC2Cc3ccccc3NC2=O)N(C)C)cc1. The molecule has 0 aliphatic carbocycles. The van der Waals surface area contributed by atoms with E-state index in [0.717, 1.165) is 17.7 Å². The molecule has 1 aliphatic heterocycles. The van der Waals surface area contributed by atoms with E-state index in [4.69, 9.17) is 0 Å². The van der Waals surface area contributed by atoms with Crippen LogP contribution in [0.5, 0.6) is 0 Å². The summed E-state index contributed by atoms with van der Waals surface area (Å²) >= 11 is 0. The summed E-state index contributed by atoms with van der Waals surface area (Å²) in [4.78, 5) is 26.9. The lowest BCUT2D eigenvalue weighted by atomic mass is 9.89. The second-order valence-electron chi connectivity index (χ2n) is 7.96. The highest BCUT2D eigenvalue weighted by molar-refractivity contribution is 5.96. The first-order chi connectivity index (χ1) is 14.0. The first-order valence-electron chi connectivity index (χ1n) is 10.4. The number of amides is 2. The summed E-state index contributed by atoms with van der Waals surface area (Å²) in [7, 11) is 4.04. The quantitative estimate of drug-likeness (QED) is 0.721. The van der Waals surface area contributed by atoms with E-state index in [1.807, 2.05) is 38.4 Å². The van der Waals surface area contributed by atoms with Crippen molar-refractivity contribution in [2.75, 3.05) is 26.0 Å². The largest absolute Gasteiger partial charge is 0.354 e. The number of hydrogen-bond donors (Lipinski definition) is 2. The average molecular weight is 394 g/mol. The van der Waals surface area contributed by atoms with Gasteiger partial charge in [0.1, 0.15) is 0 Å². The molecule has 2 unspecified atom stereocenters. The van der Waals surface area contributed by atoms with Gasteiger partial charge < -0.3 is 15.5 Å². The lowest BCUT2D eigenvalue weighted by Gasteiger charge is -2.26. The van der Waals surface area contributed by atoms with E-state index in [1.54, 1.807) is 0 Å². The summed E-state index contributed by atoms with van der Waals surface area (Å²) < 4.78 is 0. The Morgan fingerprint density at radius 3 is 2.59 bits per heavy atom. The molecule has 1 aliphatic rings. The van der Waals surface area contributed by atoms with Gasteiger partial charge in [0.2, 0.25) is 11.8 Å². The molecule has 0 spiro atoms. The molecule has 0 aromatic heterocycles. The van der Waals surface area contributed by atoms with Crippen molar-refractivity contribution < 1.29 is 9.59 Å². The third-order valence-electron chi connectivity index (χ3n) is 5.72. The van der Waals surface area contributed by atoms with Crippen LogP contribution in [0.1, 0.15) is 42.5 Å². The van der Waals surface area contributed by atoms with E-state index in [1.165, 1.54) is 11.1 Å². The van der Waals surface area contributed by atoms with E-state index in [0.29, 0.717) is 25.8 Å². The number of nitrogens with one attached hydrogen (secondary N) is 2. The van der Waals surface area contributed by atoms with Gasteiger partial charge >= 0.3 is 0 Å². The van der Waals surface area contributed by atoms with Gasteiger partial charge in [-0.05, 0) is 56.1 Å². The van der Waals surface area contributed by atoms with Crippen molar-refractivity contribution in [3.63, 3.8) is 0 Å². The van der Waals surface area contributed by atoms with Gasteiger partial charge in [0.25, 0.3) is 0 Å². The molecule has 5 nitrogen and oxygen atoms in total. The zero-order valence-electron chi connectivity index (χ0n) is 17.6. The maximum absolute atomic E-state index is 12.4. The molecule has 2 amide bonds. The molecular formula is C24H31N3O2. The van der Waals surface area contributed by atoms with E-state index in [2.05, 4.69) is 46.7 Å². The predicted octanol–water partition coefficient (Wildman–Crippen LogP) is 3.56. The van der Waals surface area contributed by atoms with Gasteiger partial charge in [-0.15, -0.1) is 0 Å². The Hall–Kier alpha value is -2.66. The van der Waals surface area contributed by atoms with Gasteiger partial charge in [0.15, 0.2) is 0 Å². The molecule has 0 bridgehead atoms. The minimum atomic E-state index is -0.151. The maximum atomic E-state index is 12.4. The third-order valence-corrected chi connectivity index (χ3v) is 5.72. The van der Waals surface area contributed by atoms with Crippen molar-refractivity contribution in [2.24, 2.45) is 5.92 Å². The molecule has 2 N–H and O–H groups in total. The van der Waals surface area contributed by atoms with Crippen LogP contribution < -0.4 is 10.6 Å². The molecule has 1 heterocycles. The summed E-state index contributed by atoms with van der Waals surface area (Å²) in [5, 5.41) is 6.00. The van der Waals surface area contributed by atoms with Gasteiger partial charge in [-0.25, -0.2) is 0 Å². The summed E-state index contributed by atoms with van der Waals surface area (Å²) in [5.41, 5.74) is 4.53. The van der Waals surface area contributed by atoms with Crippen LogP contribution in [0.3, 0.4) is 0 Å². The molecule has 2 aromatic rings. The number of rotatable bonds is 8. The fourth-order valence-electron chi connectivity index (χ4n) is 3.82. The number of aryl methyl sites for hydroxylation is 1. The summed E-state index contributed by atoms with van der Waals surface area (Å²) in [6.45, 7) is 2.70. The minimum absolute atomic E-state index is 0.00585. The summed E-state index contributed by atoms with van der Waals surface area (Å²) in [6, 6.07) is 16.5. The molecule has 0 saturated heterocycles. The lowest BCUT2D eigenvalue weighted by Crippen LogP contribution is -2.35. The lowest BCUT2D eigenvalue weighted by molar-refractivity contribution is -0.123. The van der Waals surface area contributed by atoms with Crippen LogP contribution in [0.15, 0.2) is 48.5 Å². The molecule has 3 rings (SSSR count). The number of fused-ring (bicyclic) bond motifs is 1. The van der Waals surface area contributed by atoms with Gasteiger partial charge in [-0.2, -0.15) is 0 Å². The summed E-state index contributed by atoms with van der Waals surface area (Å²) in [6.07, 6.45) is 2.63. The molecule has 29 heavy (non-hydrogen) atoms. The molecule has 154 valence electrons. The number of benzene rings is 2. The molecule has 2 aromatic carbocycles. The highest BCUT2D eigenvalue weighted by Gasteiger charge is 2.26. The van der Waals surface area contributed by atoms with Crippen molar-refractivity contribution >= 4 is 17.5 Å². The van der Waals surface area contributed by atoms with E-state index in [9.17, 15) is 9.59 Å². The third kappa shape index (κ3) is 5.45. The molecule has 5 heteroatoms. The van der Waals surface area contributed by atoms with Gasteiger partial charge in [0, 0.05) is 24.6 Å². The van der Waals surface area contributed by atoms with Crippen molar-refractivity contribution in [3.8, 4) is 0 Å². The Bertz CT molecular complexity index is 845. The number of para-hydroxylation sites is 1. The number of carbonyl (C=O) groups is 2. The fourth-order valence-corrected chi connectivity index (χ4v) is 3.82. The van der Waals surface area contributed by atoms with E-state index in [-0.39, 0.29) is 23.8 Å². The highest BCUT2D eigenvalue weighted by atomic mass is 16.2. The second-order valence-corrected chi connectivity index (χ2v) is 7.96. The van der Waals surface area contributed by atoms with Crippen LogP contribution in [0.2, 0.25) is 0 Å². The van der Waals surface area contributed by atoms with Gasteiger partial charge in [-0.3, -0.25) is 9.59 Å². The topological polar surface area (TPSA) is 61.4 Å². The van der Waals surface area contributed by atoms with E-state index < -0.39 is 0 Å². The van der Waals surface area contributed by atoms with Crippen LogP contribution in [0, 0.1) is 5.92 Å². The average Bonchev–Trinajstić information content (AvgIpc) is 2.72. The van der Waals surface area contributed by atoms with Crippen LogP contribution in [0.25, 0.3) is 0 Å². The van der Waals surface area contributed by atoms with Crippen LogP contribution >= 0.6 is 0 Å². The molecular weight excluding hydrogens is 362 g/mol. The smallest absolute Gasteiger partial charge is 0.227 e. The Kier molecular flexibility index (Phi) is 7.04. The normalized spacial score (nSPS) is 16.8. The van der Waals surface area contributed by atoms with Crippen molar-refractivity contribution in [1.82, 2.24) is 10.2 Å². The number of hydrogen-bond acceptors (Lipinski definition) is 3. The van der Waals surface area contributed by atoms with Gasteiger partial charge in [-0.1, -0.05) is 49.4 Å². The maximum Gasteiger partial charge on any atom is 0.227 e. The zero-order valence-corrected chi connectivity index (χ0v) is 17.6. The van der Waals surface area contributed by atoms with Crippen LogP contribution in [-0.4, -0.2) is 37.4 Å². The molecule has 2 atom stereocenters. The summed E-state index contributed by atoms with van der Waals surface area (Å²) in [5.74, 6) is -0.144. The van der Waals surface area contributed by atoms with Crippen molar-refractivity contribution in [3.05, 3.63) is 65.2 Å². The van der Waals surface area contributed by atoms with Crippen LogP contribution in [0.4, 0.5) is 5.69 Å². The number of likely N-dealkylation sites (N-methyl/N-ethyl adjacent to an activating group) is 1. The Morgan fingerprint density at radius 2 is 1.90 bits per heavy atom. The van der Waals surface area contributed by atoms with Crippen molar-refractivity contribution in [2.45, 2.75) is 38.6 Å². The Morgan fingerprint density at radius 1 is 1.17 bits per heavy atom. The standard InChI is InChI=1S/C24H31N3O2/c1-4-17-9-11-18(12-10-17)22(27(2)3)16-25-23(28)14-13-20-15-19-7-5-6-8-21(19)26-24(20)29/h5-12,20,22H,4,13-16H2,1-3H3,(H,25,28)(H,26,29). The molecule has 0 radical (unpaired) electrons. The first-order valence-corrected chi connectivity index (χ1v) is 10.4. The number of carbonyl (C=O) groups excluding carboxylic acids is 2. The van der Waals surface area contributed by atoms with Crippen LogP contribution in [-0.2, 0) is 22.4 Å². The molecule has 0 saturated carbocycles. The Labute approximate surface area is 173 Å². The van der Waals surface area contributed by atoms with E-state index >= 15 is 0 Å². The second kappa shape index (κ2) is 9.70. The number of nitrogens with zero attached hydrogens (tertiary/aromatic N) is 1. The zero-order chi connectivity index (χ0) is 20.8. The van der Waals surface area contributed by atoms with Crippen molar-refractivity contribution in [1.29, 1.82) is 0 Å². The monoisotopic (exact) mass is 393 g/mol. The predicted molar refractivity (Wildman–Crippen MR) is 117 cm³/mol. The van der Waals surface area contributed by atoms with Gasteiger partial charge in [0.05, 0.1) is 6.04 Å².